The number of benzene rings is 1. The SMILES string of the molecule is C[C@H](NS(=O)(=O)c1ccccc1C(F)(F)F)C(=O)N1CCC(n2ccnc2)CC1. The second-order valence-electron chi connectivity index (χ2n) is 6.90. The van der Waals surface area contributed by atoms with Crippen LogP contribution in [-0.4, -0.2) is 47.9 Å². The first-order valence-corrected chi connectivity index (χ1v) is 10.5. The molecule has 7 nitrogen and oxygen atoms in total. The lowest BCUT2D eigenvalue weighted by atomic mass is 10.0. The number of nitrogens with zero attached hydrogens (tertiary/aromatic N) is 3. The third-order valence-electron chi connectivity index (χ3n) is 4.91. The van der Waals surface area contributed by atoms with Gasteiger partial charge in [-0.3, -0.25) is 4.79 Å². The Morgan fingerprint density at radius 3 is 2.48 bits per heavy atom. The molecule has 0 aliphatic carbocycles. The highest BCUT2D eigenvalue weighted by molar-refractivity contribution is 7.89. The lowest BCUT2D eigenvalue weighted by Gasteiger charge is -2.34. The van der Waals surface area contributed by atoms with Crippen molar-refractivity contribution in [2.24, 2.45) is 0 Å². The molecule has 2 aromatic rings. The summed E-state index contributed by atoms with van der Waals surface area (Å²) in [6.07, 6.45) is 1.76. The molecular formula is C18H21F3N4O3S. The van der Waals surface area contributed by atoms with Crippen LogP contribution in [0.2, 0.25) is 0 Å². The molecule has 1 fully saturated rings. The van der Waals surface area contributed by atoms with E-state index in [-0.39, 0.29) is 6.04 Å². The number of amides is 1. The number of imidazole rings is 1. The molecule has 0 spiro atoms. The number of sulfonamides is 1. The summed E-state index contributed by atoms with van der Waals surface area (Å²) in [6, 6.07) is 2.90. The quantitative estimate of drug-likeness (QED) is 0.790. The van der Waals surface area contributed by atoms with Crippen LogP contribution in [0.4, 0.5) is 13.2 Å². The number of nitrogens with one attached hydrogen (secondary N) is 1. The van der Waals surface area contributed by atoms with Gasteiger partial charge in [0.15, 0.2) is 0 Å². The Kier molecular flexibility index (Phi) is 5.99. The molecule has 11 heteroatoms. The summed E-state index contributed by atoms with van der Waals surface area (Å²) in [4.78, 5) is 17.3. The normalized spacial score (nSPS) is 17.3. The van der Waals surface area contributed by atoms with Gasteiger partial charge in [0.2, 0.25) is 15.9 Å². The van der Waals surface area contributed by atoms with Gasteiger partial charge in [-0.05, 0) is 31.9 Å². The molecule has 2 heterocycles. The van der Waals surface area contributed by atoms with E-state index in [2.05, 4.69) is 9.71 Å². The van der Waals surface area contributed by atoms with Gasteiger partial charge in [0, 0.05) is 31.5 Å². The molecule has 0 radical (unpaired) electrons. The fourth-order valence-corrected chi connectivity index (χ4v) is 4.85. The first-order chi connectivity index (χ1) is 13.6. The number of carbonyl (C=O) groups is 1. The first-order valence-electron chi connectivity index (χ1n) is 9.04. The van der Waals surface area contributed by atoms with Gasteiger partial charge in [-0.25, -0.2) is 13.4 Å². The third kappa shape index (κ3) is 4.78. The van der Waals surface area contributed by atoms with E-state index in [0.717, 1.165) is 12.1 Å². The van der Waals surface area contributed by atoms with E-state index in [1.165, 1.54) is 17.9 Å². The Morgan fingerprint density at radius 1 is 1.24 bits per heavy atom. The zero-order chi connectivity index (χ0) is 21.2. The van der Waals surface area contributed by atoms with Crippen molar-refractivity contribution in [2.75, 3.05) is 13.1 Å². The fraction of sp³-hybridized carbons (Fsp3) is 0.444. The summed E-state index contributed by atoms with van der Waals surface area (Å²) < 4.78 is 68.5. The van der Waals surface area contributed by atoms with E-state index in [0.29, 0.717) is 32.0 Å². The molecule has 1 N–H and O–H groups in total. The Hall–Kier alpha value is -2.40. The molecule has 1 atom stereocenters. The van der Waals surface area contributed by atoms with Crippen LogP contribution >= 0.6 is 0 Å². The van der Waals surface area contributed by atoms with Crippen molar-refractivity contribution >= 4 is 15.9 Å². The maximum atomic E-state index is 13.1. The highest BCUT2D eigenvalue weighted by Gasteiger charge is 2.38. The van der Waals surface area contributed by atoms with Crippen molar-refractivity contribution in [3.63, 3.8) is 0 Å². The molecule has 1 aliphatic rings. The molecular weight excluding hydrogens is 409 g/mol. The van der Waals surface area contributed by atoms with Crippen LogP contribution < -0.4 is 4.72 Å². The molecule has 0 saturated carbocycles. The molecule has 158 valence electrons. The van der Waals surface area contributed by atoms with E-state index < -0.39 is 38.6 Å². The Labute approximate surface area is 166 Å². The van der Waals surface area contributed by atoms with Crippen LogP contribution in [0.1, 0.15) is 31.4 Å². The summed E-state index contributed by atoms with van der Waals surface area (Å²) in [7, 11) is -4.53. The maximum Gasteiger partial charge on any atom is 0.417 e. The summed E-state index contributed by atoms with van der Waals surface area (Å²) in [5.41, 5.74) is -1.27. The number of likely N-dealkylation sites (tertiary alicyclic amines) is 1. The first kappa shape index (κ1) is 21.3. The predicted octanol–water partition coefficient (Wildman–Crippen LogP) is 2.43. The van der Waals surface area contributed by atoms with Crippen LogP contribution in [0.25, 0.3) is 0 Å². The van der Waals surface area contributed by atoms with Gasteiger partial charge in [0.05, 0.1) is 22.8 Å². The number of carbonyl (C=O) groups excluding carboxylic acids is 1. The van der Waals surface area contributed by atoms with Crippen LogP contribution in [0, 0.1) is 0 Å². The van der Waals surface area contributed by atoms with Crippen molar-refractivity contribution in [2.45, 2.75) is 42.9 Å². The molecule has 1 saturated heterocycles. The van der Waals surface area contributed by atoms with Gasteiger partial charge >= 0.3 is 6.18 Å². The molecule has 0 unspecified atom stereocenters. The molecule has 0 bridgehead atoms. The summed E-state index contributed by atoms with van der Waals surface area (Å²) in [6.45, 7) is 2.18. The van der Waals surface area contributed by atoms with Gasteiger partial charge in [-0.1, -0.05) is 12.1 Å². The smallest absolute Gasteiger partial charge is 0.341 e. The molecule has 3 rings (SSSR count). The van der Waals surface area contributed by atoms with Gasteiger partial charge in [-0.15, -0.1) is 0 Å². The van der Waals surface area contributed by atoms with Crippen molar-refractivity contribution in [1.29, 1.82) is 0 Å². The molecule has 1 amide bonds. The van der Waals surface area contributed by atoms with Gasteiger partial charge in [0.25, 0.3) is 0 Å². The summed E-state index contributed by atoms with van der Waals surface area (Å²) in [5, 5.41) is 0. The lowest BCUT2D eigenvalue weighted by Crippen LogP contribution is -2.49. The van der Waals surface area contributed by atoms with Crippen molar-refractivity contribution in [1.82, 2.24) is 19.2 Å². The largest absolute Gasteiger partial charge is 0.417 e. The molecule has 1 aromatic heterocycles. The number of piperidine rings is 1. The third-order valence-corrected chi connectivity index (χ3v) is 6.51. The highest BCUT2D eigenvalue weighted by Crippen LogP contribution is 2.34. The molecule has 1 aromatic carbocycles. The monoisotopic (exact) mass is 430 g/mol. The predicted molar refractivity (Wildman–Crippen MR) is 98.3 cm³/mol. The fourth-order valence-electron chi connectivity index (χ4n) is 3.43. The molecule has 1 aliphatic heterocycles. The number of halogens is 3. The van der Waals surface area contributed by atoms with Gasteiger partial charge in [0.1, 0.15) is 0 Å². The molecule has 29 heavy (non-hydrogen) atoms. The van der Waals surface area contributed by atoms with E-state index in [4.69, 9.17) is 0 Å². The standard InChI is InChI=1S/C18H21F3N4O3S/c1-13(17(26)24-9-6-14(7-10-24)25-11-8-22-12-25)23-29(27,28)16-5-3-2-4-15(16)18(19,20)21/h2-5,8,11-14,23H,6-7,9-10H2,1H3/t13-/m0/s1. The number of aromatic nitrogens is 2. The van der Waals surface area contributed by atoms with Crippen LogP contribution in [0.5, 0.6) is 0 Å². The Balaban J connectivity index is 1.67. The van der Waals surface area contributed by atoms with Crippen molar-refractivity contribution < 1.29 is 26.4 Å². The van der Waals surface area contributed by atoms with E-state index >= 15 is 0 Å². The number of hydrogen-bond acceptors (Lipinski definition) is 4. The highest BCUT2D eigenvalue weighted by atomic mass is 32.2. The zero-order valence-corrected chi connectivity index (χ0v) is 16.4. The lowest BCUT2D eigenvalue weighted by molar-refractivity contribution is -0.139. The second-order valence-corrected chi connectivity index (χ2v) is 8.59. The minimum Gasteiger partial charge on any atom is -0.341 e. The summed E-state index contributed by atoms with van der Waals surface area (Å²) >= 11 is 0. The van der Waals surface area contributed by atoms with Crippen molar-refractivity contribution in [3.8, 4) is 0 Å². The number of rotatable bonds is 5. The zero-order valence-electron chi connectivity index (χ0n) is 15.6. The van der Waals surface area contributed by atoms with Crippen molar-refractivity contribution in [3.05, 3.63) is 48.5 Å². The maximum absolute atomic E-state index is 13.1. The summed E-state index contributed by atoms with van der Waals surface area (Å²) in [5.74, 6) is -0.470. The minimum absolute atomic E-state index is 0.201. The van der Waals surface area contributed by atoms with Crippen LogP contribution in [-0.2, 0) is 21.0 Å². The van der Waals surface area contributed by atoms with Crippen LogP contribution in [0.15, 0.2) is 47.9 Å². The van der Waals surface area contributed by atoms with Gasteiger partial charge in [-0.2, -0.15) is 17.9 Å². The minimum atomic E-state index is -4.83. The van der Waals surface area contributed by atoms with E-state index in [1.54, 1.807) is 12.5 Å². The Morgan fingerprint density at radius 2 is 1.90 bits per heavy atom. The van der Waals surface area contributed by atoms with Crippen LogP contribution in [0.3, 0.4) is 0 Å². The average Bonchev–Trinajstić information content (AvgIpc) is 3.21. The van der Waals surface area contributed by atoms with E-state index in [1.807, 2.05) is 10.8 Å². The topological polar surface area (TPSA) is 84.3 Å². The van der Waals surface area contributed by atoms with Gasteiger partial charge < -0.3 is 9.47 Å². The van der Waals surface area contributed by atoms with E-state index in [9.17, 15) is 26.4 Å². The Bertz CT molecular complexity index is 953. The number of hydrogen-bond donors (Lipinski definition) is 1. The average molecular weight is 430 g/mol. The number of alkyl halides is 3. The second kappa shape index (κ2) is 8.15.